The van der Waals surface area contributed by atoms with Crippen LogP contribution in [0.2, 0.25) is 0 Å². The van der Waals surface area contributed by atoms with E-state index in [1.165, 1.54) is 12.8 Å². The van der Waals surface area contributed by atoms with Crippen LogP contribution in [0.4, 0.5) is 0 Å². The zero-order valence-corrected chi connectivity index (χ0v) is 10.8. The van der Waals surface area contributed by atoms with Crippen molar-refractivity contribution in [3.8, 4) is 0 Å². The van der Waals surface area contributed by atoms with Gasteiger partial charge in [0, 0.05) is 19.6 Å². The van der Waals surface area contributed by atoms with Gasteiger partial charge in [-0.05, 0) is 39.3 Å². The zero-order chi connectivity index (χ0) is 12.5. The second-order valence-electron chi connectivity index (χ2n) is 4.78. The molecule has 5 heteroatoms. The molecule has 1 amide bonds. The van der Waals surface area contributed by atoms with Crippen LogP contribution in [-0.4, -0.2) is 43.7 Å². The molecular weight excluding hydrogens is 218 g/mol. The average Bonchev–Trinajstić information content (AvgIpc) is 2.81. The van der Waals surface area contributed by atoms with E-state index in [0.29, 0.717) is 12.5 Å². The summed E-state index contributed by atoms with van der Waals surface area (Å²) >= 11 is 0. The highest BCUT2D eigenvalue weighted by molar-refractivity contribution is 5.74. The van der Waals surface area contributed by atoms with Crippen molar-refractivity contribution >= 4 is 5.91 Å². The molecule has 0 bridgehead atoms. The van der Waals surface area contributed by atoms with E-state index in [-0.39, 0.29) is 5.91 Å². The Labute approximate surface area is 104 Å². The Morgan fingerprint density at radius 3 is 2.94 bits per heavy atom. The highest BCUT2D eigenvalue weighted by Crippen LogP contribution is 2.13. The van der Waals surface area contributed by atoms with Gasteiger partial charge in [0.15, 0.2) is 0 Å². The molecule has 1 aliphatic rings. The smallest absolute Gasteiger partial charge is 0.233 e. The molecule has 5 nitrogen and oxygen atoms in total. The number of nitrogens with one attached hydrogen (secondary N) is 1. The first-order chi connectivity index (χ1) is 8.22. The lowest BCUT2D eigenvalue weighted by Crippen LogP contribution is -2.30. The number of unbranched alkanes of at least 4 members (excludes halogenated alkanes) is 2. The van der Waals surface area contributed by atoms with E-state index in [1.807, 2.05) is 0 Å². The molecule has 0 aromatic rings. The number of carbonyl (C=O) groups excluding carboxylic acids is 1. The fourth-order valence-corrected chi connectivity index (χ4v) is 2.14. The third kappa shape index (κ3) is 6.61. The topological polar surface area (TPSA) is 67.6 Å². The molecule has 0 aromatic heterocycles. The number of carbonyl (C=O) groups is 1. The van der Waals surface area contributed by atoms with Gasteiger partial charge in [-0.2, -0.15) is 0 Å². The maximum Gasteiger partial charge on any atom is 0.233 e. The van der Waals surface area contributed by atoms with E-state index in [0.717, 1.165) is 39.0 Å². The molecule has 0 aromatic carbocycles. The van der Waals surface area contributed by atoms with Crippen LogP contribution in [0.25, 0.3) is 0 Å². The van der Waals surface area contributed by atoms with Gasteiger partial charge in [-0.1, -0.05) is 6.42 Å². The van der Waals surface area contributed by atoms with E-state index in [1.54, 1.807) is 0 Å². The fraction of sp³-hybridized carbons (Fsp3) is 0.917. The normalized spacial score (nSPS) is 19.8. The molecule has 0 saturated carbocycles. The lowest BCUT2D eigenvalue weighted by atomic mass is 10.1. The molecule has 3 N–H and O–H groups in total. The van der Waals surface area contributed by atoms with Gasteiger partial charge in [0.2, 0.25) is 5.91 Å². The Morgan fingerprint density at radius 2 is 2.29 bits per heavy atom. The molecule has 1 aliphatic heterocycles. The number of ether oxygens (including phenoxy) is 1. The van der Waals surface area contributed by atoms with Crippen LogP contribution in [-0.2, 0) is 9.53 Å². The highest BCUT2D eigenvalue weighted by Gasteiger charge is 2.16. The van der Waals surface area contributed by atoms with Crippen molar-refractivity contribution in [1.82, 2.24) is 10.3 Å². The second kappa shape index (κ2) is 8.44. The molecule has 1 saturated heterocycles. The molecule has 0 spiro atoms. The Hall–Kier alpha value is -0.650. The molecule has 1 atom stereocenters. The predicted molar refractivity (Wildman–Crippen MR) is 67.3 cm³/mol. The van der Waals surface area contributed by atoms with Crippen LogP contribution < -0.4 is 11.3 Å². The first kappa shape index (κ1) is 14.4. The molecule has 1 unspecified atom stereocenters. The van der Waals surface area contributed by atoms with Crippen LogP contribution in [0.5, 0.6) is 0 Å². The molecule has 0 aliphatic carbocycles. The zero-order valence-electron chi connectivity index (χ0n) is 10.8. The molecule has 1 fully saturated rings. The third-order valence-electron chi connectivity index (χ3n) is 3.14. The fourth-order valence-electron chi connectivity index (χ4n) is 2.14. The Balaban J connectivity index is 1.92. The Kier molecular flexibility index (Phi) is 7.16. The summed E-state index contributed by atoms with van der Waals surface area (Å²) in [5.41, 5.74) is 2.15. The van der Waals surface area contributed by atoms with Crippen molar-refractivity contribution in [2.45, 2.75) is 44.6 Å². The van der Waals surface area contributed by atoms with Gasteiger partial charge in [0.25, 0.3) is 0 Å². The van der Waals surface area contributed by atoms with Crippen molar-refractivity contribution in [1.29, 1.82) is 0 Å². The van der Waals surface area contributed by atoms with Gasteiger partial charge in [0.05, 0.1) is 6.10 Å². The minimum atomic E-state index is -0.0716. The largest absolute Gasteiger partial charge is 0.377 e. The van der Waals surface area contributed by atoms with Crippen LogP contribution in [0.3, 0.4) is 0 Å². The Morgan fingerprint density at radius 1 is 1.47 bits per heavy atom. The monoisotopic (exact) mass is 243 g/mol. The second-order valence-corrected chi connectivity index (χ2v) is 4.78. The standard InChI is InChI=1S/C12H25N3O2/c1-15(10-11-6-5-9-17-11)8-4-2-3-7-12(16)14-13/h11H,2-10,13H2,1H3,(H,14,16). The van der Waals surface area contributed by atoms with Crippen LogP contribution in [0.1, 0.15) is 38.5 Å². The SMILES string of the molecule is CN(CCCCCC(=O)NN)CC1CCCO1. The maximum absolute atomic E-state index is 10.9. The lowest BCUT2D eigenvalue weighted by molar-refractivity contribution is -0.121. The van der Waals surface area contributed by atoms with Gasteiger partial charge in [-0.25, -0.2) is 5.84 Å². The highest BCUT2D eigenvalue weighted by atomic mass is 16.5. The number of hydrazine groups is 1. The maximum atomic E-state index is 10.9. The van der Waals surface area contributed by atoms with E-state index in [9.17, 15) is 4.79 Å². The van der Waals surface area contributed by atoms with Gasteiger partial charge in [0.1, 0.15) is 0 Å². The summed E-state index contributed by atoms with van der Waals surface area (Å²) in [6.07, 6.45) is 6.48. The minimum Gasteiger partial charge on any atom is -0.377 e. The van der Waals surface area contributed by atoms with Crippen LogP contribution in [0.15, 0.2) is 0 Å². The molecule has 1 rings (SSSR count). The quantitative estimate of drug-likeness (QED) is 0.284. The predicted octanol–water partition coefficient (Wildman–Crippen LogP) is 0.648. The van der Waals surface area contributed by atoms with Crippen molar-refractivity contribution in [3.05, 3.63) is 0 Å². The first-order valence-corrected chi connectivity index (χ1v) is 6.52. The number of amides is 1. The summed E-state index contributed by atoms with van der Waals surface area (Å²) in [6, 6.07) is 0. The summed E-state index contributed by atoms with van der Waals surface area (Å²) in [5, 5.41) is 0. The van der Waals surface area contributed by atoms with Crippen LogP contribution >= 0.6 is 0 Å². The summed E-state index contributed by atoms with van der Waals surface area (Å²) in [4.78, 5) is 13.2. The summed E-state index contributed by atoms with van der Waals surface area (Å²) in [6.45, 7) is 3.03. The van der Waals surface area contributed by atoms with Gasteiger partial charge in [-0.3, -0.25) is 10.2 Å². The summed E-state index contributed by atoms with van der Waals surface area (Å²) in [7, 11) is 2.13. The molecule has 1 heterocycles. The molecule has 100 valence electrons. The number of rotatable bonds is 8. The van der Waals surface area contributed by atoms with Gasteiger partial charge >= 0.3 is 0 Å². The number of nitrogens with zero attached hydrogens (tertiary/aromatic N) is 1. The van der Waals surface area contributed by atoms with Gasteiger partial charge in [-0.15, -0.1) is 0 Å². The Bertz CT molecular complexity index is 218. The number of hydrogen-bond donors (Lipinski definition) is 2. The number of hydrogen-bond acceptors (Lipinski definition) is 4. The van der Waals surface area contributed by atoms with E-state index in [2.05, 4.69) is 17.4 Å². The van der Waals surface area contributed by atoms with E-state index in [4.69, 9.17) is 10.6 Å². The molecule has 17 heavy (non-hydrogen) atoms. The van der Waals surface area contributed by atoms with E-state index < -0.39 is 0 Å². The van der Waals surface area contributed by atoms with Crippen LogP contribution in [0, 0.1) is 0 Å². The lowest BCUT2D eigenvalue weighted by Gasteiger charge is -2.20. The third-order valence-corrected chi connectivity index (χ3v) is 3.14. The number of likely N-dealkylation sites (N-methyl/N-ethyl adjacent to an activating group) is 1. The van der Waals surface area contributed by atoms with E-state index >= 15 is 0 Å². The first-order valence-electron chi connectivity index (χ1n) is 6.52. The number of nitrogens with two attached hydrogens (primary N) is 1. The molecule has 0 radical (unpaired) electrons. The summed E-state index contributed by atoms with van der Waals surface area (Å²) in [5.74, 6) is 4.93. The van der Waals surface area contributed by atoms with Gasteiger partial charge < -0.3 is 9.64 Å². The summed E-state index contributed by atoms with van der Waals surface area (Å²) < 4.78 is 5.59. The van der Waals surface area contributed by atoms with Crippen molar-refractivity contribution in [2.24, 2.45) is 5.84 Å². The minimum absolute atomic E-state index is 0.0716. The molecular formula is C12H25N3O2. The van der Waals surface area contributed by atoms with Crippen molar-refractivity contribution in [2.75, 3.05) is 26.7 Å². The average molecular weight is 243 g/mol. The van der Waals surface area contributed by atoms with Crippen molar-refractivity contribution < 1.29 is 9.53 Å². The van der Waals surface area contributed by atoms with Crippen molar-refractivity contribution in [3.63, 3.8) is 0 Å².